The number of methoxy groups -OCH3 is 1. The summed E-state index contributed by atoms with van der Waals surface area (Å²) in [7, 11) is -2.60. The average Bonchev–Trinajstić information content (AvgIpc) is 3.00. The molecule has 0 unspecified atom stereocenters. The van der Waals surface area contributed by atoms with Crippen LogP contribution in [0.25, 0.3) is 5.69 Å². The van der Waals surface area contributed by atoms with Gasteiger partial charge in [0.2, 0.25) is 0 Å². The molecule has 1 N–H and O–H groups in total. The maximum Gasteiger partial charge on any atom is 0.337 e. The van der Waals surface area contributed by atoms with E-state index in [9.17, 15) is 13.2 Å². The number of nitrogens with zero attached hydrogens (tertiary/aromatic N) is 2. The maximum atomic E-state index is 12.7. The standard InChI is InChI=1S/C18H16BrN3O4S/c1-12-10-17(22(20-12)15-5-3-4-14(19)11-15)21-27(24,25)16-8-6-13(7-9-16)18(23)26-2/h3-11,21H,1-2H3. The molecule has 9 heteroatoms. The van der Waals surface area contributed by atoms with E-state index in [4.69, 9.17) is 0 Å². The smallest absolute Gasteiger partial charge is 0.337 e. The van der Waals surface area contributed by atoms with Crippen molar-refractivity contribution in [3.63, 3.8) is 0 Å². The van der Waals surface area contributed by atoms with Gasteiger partial charge in [-0.2, -0.15) is 5.10 Å². The van der Waals surface area contributed by atoms with Gasteiger partial charge in [0.05, 0.1) is 29.0 Å². The molecule has 0 bridgehead atoms. The predicted octanol–water partition coefficient (Wildman–Crippen LogP) is 3.53. The Morgan fingerprint density at radius 3 is 2.48 bits per heavy atom. The molecule has 1 heterocycles. The molecule has 7 nitrogen and oxygen atoms in total. The first-order valence-electron chi connectivity index (χ1n) is 7.84. The lowest BCUT2D eigenvalue weighted by molar-refractivity contribution is 0.0600. The van der Waals surface area contributed by atoms with Crippen LogP contribution in [-0.2, 0) is 14.8 Å². The second-order valence-electron chi connectivity index (χ2n) is 5.68. The van der Waals surface area contributed by atoms with Crippen LogP contribution >= 0.6 is 15.9 Å². The van der Waals surface area contributed by atoms with Crippen molar-refractivity contribution in [2.45, 2.75) is 11.8 Å². The van der Waals surface area contributed by atoms with E-state index in [1.54, 1.807) is 13.0 Å². The van der Waals surface area contributed by atoms with Crippen LogP contribution in [0.2, 0.25) is 0 Å². The summed E-state index contributed by atoms with van der Waals surface area (Å²) in [6, 6.07) is 14.5. The normalized spacial score (nSPS) is 11.2. The zero-order chi connectivity index (χ0) is 19.6. The highest BCUT2D eigenvalue weighted by atomic mass is 79.9. The highest BCUT2D eigenvalue weighted by Gasteiger charge is 2.19. The minimum atomic E-state index is -3.86. The zero-order valence-corrected chi connectivity index (χ0v) is 16.9. The summed E-state index contributed by atoms with van der Waals surface area (Å²) in [5.41, 5.74) is 1.64. The minimum Gasteiger partial charge on any atom is -0.465 e. The fraction of sp³-hybridized carbons (Fsp3) is 0.111. The number of anilines is 1. The van der Waals surface area contributed by atoms with Gasteiger partial charge in [-0.3, -0.25) is 4.72 Å². The Bertz CT molecular complexity index is 1090. The molecule has 0 fully saturated rings. The molecular weight excluding hydrogens is 434 g/mol. The molecule has 0 saturated carbocycles. The van der Waals surface area contributed by atoms with Crippen molar-refractivity contribution in [3.05, 3.63) is 70.3 Å². The fourth-order valence-electron chi connectivity index (χ4n) is 2.46. The molecule has 0 aliphatic heterocycles. The number of hydrogen-bond donors (Lipinski definition) is 1. The number of benzene rings is 2. The van der Waals surface area contributed by atoms with Crippen LogP contribution in [0.5, 0.6) is 0 Å². The molecule has 27 heavy (non-hydrogen) atoms. The van der Waals surface area contributed by atoms with Crippen LogP contribution in [0.3, 0.4) is 0 Å². The van der Waals surface area contributed by atoms with Gasteiger partial charge in [0.1, 0.15) is 5.82 Å². The third-order valence-corrected chi connectivity index (χ3v) is 5.57. The number of rotatable bonds is 5. The second-order valence-corrected chi connectivity index (χ2v) is 8.28. The Kier molecular flexibility index (Phi) is 5.33. The van der Waals surface area contributed by atoms with Gasteiger partial charge in [-0.25, -0.2) is 17.9 Å². The first-order valence-corrected chi connectivity index (χ1v) is 10.1. The molecule has 3 aromatic rings. The second kappa shape index (κ2) is 7.53. The lowest BCUT2D eigenvalue weighted by Crippen LogP contribution is -2.16. The molecule has 0 radical (unpaired) electrons. The molecule has 0 aliphatic rings. The number of aryl methyl sites for hydroxylation is 1. The van der Waals surface area contributed by atoms with Crippen molar-refractivity contribution in [1.29, 1.82) is 0 Å². The SMILES string of the molecule is COC(=O)c1ccc(S(=O)(=O)Nc2cc(C)nn2-c2cccc(Br)c2)cc1. The highest BCUT2D eigenvalue weighted by Crippen LogP contribution is 2.23. The quantitative estimate of drug-likeness (QED) is 0.601. The van der Waals surface area contributed by atoms with E-state index in [2.05, 4.69) is 30.5 Å². The van der Waals surface area contributed by atoms with E-state index in [0.29, 0.717) is 17.2 Å². The molecule has 0 saturated heterocycles. The number of hydrogen-bond acceptors (Lipinski definition) is 5. The topological polar surface area (TPSA) is 90.3 Å². The van der Waals surface area contributed by atoms with Crippen LogP contribution in [0.4, 0.5) is 5.82 Å². The van der Waals surface area contributed by atoms with Gasteiger partial charge < -0.3 is 4.74 Å². The van der Waals surface area contributed by atoms with Gasteiger partial charge in [-0.05, 0) is 49.4 Å². The van der Waals surface area contributed by atoms with Crippen molar-refractivity contribution >= 4 is 37.7 Å². The molecule has 140 valence electrons. The van der Waals surface area contributed by atoms with Gasteiger partial charge in [0, 0.05) is 10.5 Å². The van der Waals surface area contributed by atoms with Crippen LogP contribution in [0.1, 0.15) is 16.1 Å². The first kappa shape index (κ1) is 19.1. The molecule has 0 amide bonds. The van der Waals surface area contributed by atoms with Gasteiger partial charge in [0.25, 0.3) is 10.0 Å². The van der Waals surface area contributed by atoms with E-state index in [-0.39, 0.29) is 10.5 Å². The molecular formula is C18H16BrN3O4S. The van der Waals surface area contributed by atoms with E-state index in [1.165, 1.54) is 36.1 Å². The number of sulfonamides is 1. The summed E-state index contributed by atoms with van der Waals surface area (Å²) in [6.07, 6.45) is 0. The molecule has 0 atom stereocenters. The van der Waals surface area contributed by atoms with E-state index < -0.39 is 16.0 Å². The van der Waals surface area contributed by atoms with E-state index >= 15 is 0 Å². The minimum absolute atomic E-state index is 0.0230. The number of halogens is 1. The Balaban J connectivity index is 1.94. The molecule has 0 spiro atoms. The monoisotopic (exact) mass is 449 g/mol. The molecule has 0 aliphatic carbocycles. The van der Waals surface area contributed by atoms with Crippen LogP contribution in [0, 0.1) is 6.92 Å². The van der Waals surface area contributed by atoms with E-state index in [0.717, 1.165) is 4.47 Å². The number of carbonyl (C=O) groups is 1. The molecule has 2 aromatic carbocycles. The summed E-state index contributed by atoms with van der Waals surface area (Å²) in [6.45, 7) is 1.78. The average molecular weight is 450 g/mol. The number of carbonyl (C=O) groups excluding carboxylic acids is 1. The summed E-state index contributed by atoms with van der Waals surface area (Å²) in [5, 5.41) is 4.36. The number of esters is 1. The van der Waals surface area contributed by atoms with Gasteiger partial charge in [0.15, 0.2) is 0 Å². The van der Waals surface area contributed by atoms with Crippen molar-refractivity contribution in [2.75, 3.05) is 11.8 Å². The third kappa shape index (κ3) is 4.20. The molecule has 3 rings (SSSR count). The lowest BCUT2D eigenvalue weighted by atomic mass is 10.2. The number of nitrogens with one attached hydrogen (secondary N) is 1. The Morgan fingerprint density at radius 2 is 1.85 bits per heavy atom. The van der Waals surface area contributed by atoms with Gasteiger partial charge in [-0.15, -0.1) is 0 Å². The zero-order valence-electron chi connectivity index (χ0n) is 14.5. The van der Waals surface area contributed by atoms with Crippen LogP contribution in [-0.4, -0.2) is 31.3 Å². The van der Waals surface area contributed by atoms with Crippen LogP contribution < -0.4 is 4.72 Å². The Morgan fingerprint density at radius 1 is 1.15 bits per heavy atom. The largest absolute Gasteiger partial charge is 0.465 e. The van der Waals surface area contributed by atoms with Crippen molar-refractivity contribution in [2.24, 2.45) is 0 Å². The summed E-state index contributed by atoms with van der Waals surface area (Å²) >= 11 is 3.40. The van der Waals surface area contributed by atoms with Crippen molar-refractivity contribution in [3.8, 4) is 5.69 Å². The van der Waals surface area contributed by atoms with Gasteiger partial charge in [-0.1, -0.05) is 22.0 Å². The summed E-state index contributed by atoms with van der Waals surface area (Å²) in [4.78, 5) is 11.5. The van der Waals surface area contributed by atoms with Crippen molar-refractivity contribution in [1.82, 2.24) is 9.78 Å². The van der Waals surface area contributed by atoms with Crippen molar-refractivity contribution < 1.29 is 17.9 Å². The fourth-order valence-corrected chi connectivity index (χ4v) is 3.88. The van der Waals surface area contributed by atoms with E-state index in [1.807, 2.05) is 24.3 Å². The van der Waals surface area contributed by atoms with Gasteiger partial charge >= 0.3 is 5.97 Å². The molecule has 1 aromatic heterocycles. The highest BCUT2D eigenvalue weighted by molar-refractivity contribution is 9.10. The third-order valence-electron chi connectivity index (χ3n) is 3.71. The Labute approximate surface area is 165 Å². The summed E-state index contributed by atoms with van der Waals surface area (Å²) in [5.74, 6) is -0.224. The number of aromatic nitrogens is 2. The summed E-state index contributed by atoms with van der Waals surface area (Å²) < 4.78 is 35.0. The lowest BCUT2D eigenvalue weighted by Gasteiger charge is -2.11. The predicted molar refractivity (Wildman–Crippen MR) is 105 cm³/mol. The first-order chi connectivity index (χ1) is 12.8. The number of ether oxygens (including phenoxy) is 1. The maximum absolute atomic E-state index is 12.7. The van der Waals surface area contributed by atoms with Crippen LogP contribution in [0.15, 0.2) is 64.0 Å². The Hall–Kier alpha value is -2.65.